The minimum absolute atomic E-state index is 0.310. The van der Waals surface area contributed by atoms with Crippen LogP contribution in [0.5, 0.6) is 0 Å². The van der Waals surface area contributed by atoms with Crippen molar-refractivity contribution in [2.24, 2.45) is 0 Å². The fourth-order valence-corrected chi connectivity index (χ4v) is 0.951. The Morgan fingerprint density at radius 1 is 1.23 bits per heavy atom. The average molecular weight is 201 g/mol. The highest BCUT2D eigenvalue weighted by atomic mass is 32.2. The molecule has 6 heteroatoms. The largest absolute Gasteiger partial charge is 0.367 e. The van der Waals surface area contributed by atoms with Crippen molar-refractivity contribution >= 4 is 21.0 Å². The normalized spacial score (nSPS) is 10.8. The monoisotopic (exact) mass is 201 g/mol. The summed E-state index contributed by atoms with van der Waals surface area (Å²) in [5, 5.41) is 0.573. The minimum atomic E-state index is -4.65. The van der Waals surface area contributed by atoms with Crippen LogP contribution < -0.4 is 5.32 Å². The van der Waals surface area contributed by atoms with Crippen molar-refractivity contribution in [1.82, 2.24) is 0 Å². The van der Waals surface area contributed by atoms with Gasteiger partial charge in [0.25, 0.3) is 0 Å². The summed E-state index contributed by atoms with van der Waals surface area (Å²) in [6.07, 6.45) is 0. The summed E-state index contributed by atoms with van der Waals surface area (Å²) in [5.74, 6) is 0. The predicted octanol–water partition coefficient (Wildman–Crippen LogP) is 1.11. The number of hydrogen-bond donors (Lipinski definition) is 2. The number of carbonyl (C=O) groups excluding carboxylic acids is 1. The highest BCUT2D eigenvalue weighted by Gasteiger charge is 2.17. The number of carbonyl (C=O) groups is 1. The van der Waals surface area contributed by atoms with Crippen molar-refractivity contribution in [2.45, 2.75) is 0 Å². The second kappa shape index (κ2) is 3.55. The molecule has 1 aromatic carbocycles. The molecule has 1 amide bonds. The lowest BCUT2D eigenvalue weighted by Gasteiger charge is -2.00. The SMILES string of the molecule is O=C(Nc1ccccc1)S(=O)(=O)O. The lowest BCUT2D eigenvalue weighted by atomic mass is 10.3. The smallest absolute Gasteiger partial charge is 0.311 e. The van der Waals surface area contributed by atoms with Crippen LogP contribution in [0.15, 0.2) is 30.3 Å². The van der Waals surface area contributed by atoms with Crippen molar-refractivity contribution in [3.63, 3.8) is 0 Å². The van der Waals surface area contributed by atoms with Crippen molar-refractivity contribution in [3.8, 4) is 0 Å². The first-order chi connectivity index (χ1) is 6.00. The molecule has 0 saturated carbocycles. The first-order valence-electron chi connectivity index (χ1n) is 3.33. The minimum Gasteiger partial charge on any atom is -0.311 e. The highest BCUT2D eigenvalue weighted by Crippen LogP contribution is 2.06. The van der Waals surface area contributed by atoms with Gasteiger partial charge in [-0.3, -0.25) is 9.35 Å². The second-order valence-electron chi connectivity index (χ2n) is 2.25. The number of para-hydroxylation sites is 1. The first-order valence-corrected chi connectivity index (χ1v) is 4.77. The summed E-state index contributed by atoms with van der Waals surface area (Å²) in [6, 6.07) is 7.97. The van der Waals surface area contributed by atoms with Gasteiger partial charge in [0.15, 0.2) is 0 Å². The molecule has 2 N–H and O–H groups in total. The molecular weight excluding hydrogens is 194 g/mol. The van der Waals surface area contributed by atoms with Crippen LogP contribution in [0.1, 0.15) is 0 Å². The molecule has 0 aliphatic rings. The Balaban J connectivity index is 2.78. The molecule has 5 nitrogen and oxygen atoms in total. The van der Waals surface area contributed by atoms with Crippen LogP contribution in [0.2, 0.25) is 0 Å². The fourth-order valence-electron chi connectivity index (χ4n) is 0.704. The van der Waals surface area contributed by atoms with Gasteiger partial charge in [-0.25, -0.2) is 0 Å². The van der Waals surface area contributed by atoms with Gasteiger partial charge in [0.1, 0.15) is 0 Å². The molecule has 0 fully saturated rings. The maximum absolute atomic E-state index is 10.7. The van der Waals surface area contributed by atoms with Crippen LogP contribution >= 0.6 is 0 Å². The Morgan fingerprint density at radius 3 is 2.23 bits per heavy atom. The zero-order valence-electron chi connectivity index (χ0n) is 6.47. The Bertz CT molecular complexity index is 398. The summed E-state index contributed by atoms with van der Waals surface area (Å²) < 4.78 is 28.9. The molecule has 0 spiro atoms. The van der Waals surface area contributed by atoms with E-state index in [1.165, 1.54) is 12.1 Å². The van der Waals surface area contributed by atoms with Crippen LogP contribution in [0.3, 0.4) is 0 Å². The van der Waals surface area contributed by atoms with Gasteiger partial charge in [0, 0.05) is 5.69 Å². The lowest BCUT2D eigenvalue weighted by Crippen LogP contribution is -2.20. The molecular formula is C7H7NO4S. The Hall–Kier alpha value is -1.40. The quantitative estimate of drug-likeness (QED) is 0.666. The lowest BCUT2D eigenvalue weighted by molar-refractivity contribution is 0.265. The van der Waals surface area contributed by atoms with Crippen molar-refractivity contribution in [2.75, 3.05) is 5.32 Å². The Kier molecular flexibility index (Phi) is 2.64. The third-order valence-electron chi connectivity index (χ3n) is 1.25. The van der Waals surface area contributed by atoms with Crippen molar-refractivity contribution in [1.29, 1.82) is 0 Å². The number of hydrogen-bond acceptors (Lipinski definition) is 3. The zero-order valence-corrected chi connectivity index (χ0v) is 7.28. The molecule has 0 saturated heterocycles. The van der Waals surface area contributed by atoms with Crippen LogP contribution in [0.25, 0.3) is 0 Å². The molecule has 70 valence electrons. The van der Waals surface area contributed by atoms with E-state index in [1.807, 2.05) is 5.32 Å². The van der Waals surface area contributed by atoms with Gasteiger partial charge < -0.3 is 5.32 Å². The first kappa shape index (κ1) is 9.69. The third-order valence-corrected chi connectivity index (χ3v) is 1.83. The summed E-state index contributed by atoms with van der Waals surface area (Å²) >= 11 is 0. The van der Waals surface area contributed by atoms with Gasteiger partial charge >= 0.3 is 15.4 Å². The molecule has 0 bridgehead atoms. The molecule has 13 heavy (non-hydrogen) atoms. The highest BCUT2D eigenvalue weighted by molar-refractivity contribution is 8.01. The molecule has 0 radical (unpaired) electrons. The topological polar surface area (TPSA) is 83.5 Å². The van der Waals surface area contributed by atoms with Gasteiger partial charge in [-0.1, -0.05) is 18.2 Å². The van der Waals surface area contributed by atoms with E-state index in [0.717, 1.165) is 0 Å². The van der Waals surface area contributed by atoms with E-state index in [9.17, 15) is 13.2 Å². The van der Waals surface area contributed by atoms with Gasteiger partial charge in [0.2, 0.25) is 0 Å². The molecule has 0 unspecified atom stereocenters. The van der Waals surface area contributed by atoms with E-state index in [1.54, 1.807) is 18.2 Å². The second-order valence-corrected chi connectivity index (χ2v) is 3.57. The number of rotatable bonds is 1. The Labute approximate surface area is 75.1 Å². The average Bonchev–Trinajstić information content (AvgIpc) is 2.04. The molecule has 0 aliphatic carbocycles. The van der Waals surface area contributed by atoms with E-state index in [0.29, 0.717) is 5.69 Å². The molecule has 0 aliphatic heterocycles. The van der Waals surface area contributed by atoms with Gasteiger partial charge in [-0.15, -0.1) is 0 Å². The number of amides is 1. The summed E-state index contributed by atoms with van der Waals surface area (Å²) in [4.78, 5) is 10.7. The zero-order chi connectivity index (χ0) is 9.90. The van der Waals surface area contributed by atoms with E-state index in [4.69, 9.17) is 4.55 Å². The van der Waals surface area contributed by atoms with Crippen molar-refractivity contribution in [3.05, 3.63) is 30.3 Å². The Morgan fingerprint density at radius 2 is 1.77 bits per heavy atom. The predicted molar refractivity (Wildman–Crippen MR) is 47.0 cm³/mol. The van der Waals surface area contributed by atoms with Crippen LogP contribution in [0.4, 0.5) is 10.5 Å². The van der Waals surface area contributed by atoms with Gasteiger partial charge in [0.05, 0.1) is 0 Å². The number of nitrogens with one attached hydrogen (secondary N) is 1. The molecule has 0 aromatic heterocycles. The van der Waals surface area contributed by atoms with Crippen LogP contribution in [-0.2, 0) is 10.1 Å². The molecule has 1 aromatic rings. The standard InChI is InChI=1S/C7H7NO4S/c9-7(13(10,11)12)8-6-4-2-1-3-5-6/h1-5H,(H,8,9)(H,10,11,12). The van der Waals surface area contributed by atoms with Gasteiger partial charge in [-0.2, -0.15) is 8.42 Å². The summed E-state index contributed by atoms with van der Waals surface area (Å²) in [7, 11) is -4.65. The third kappa shape index (κ3) is 2.85. The molecule has 0 heterocycles. The van der Waals surface area contributed by atoms with Crippen LogP contribution in [-0.4, -0.2) is 18.2 Å². The molecule has 1 rings (SSSR count). The number of anilines is 1. The van der Waals surface area contributed by atoms with E-state index < -0.39 is 15.4 Å². The number of benzene rings is 1. The molecule has 0 atom stereocenters. The van der Waals surface area contributed by atoms with Crippen molar-refractivity contribution < 1.29 is 17.8 Å². The fraction of sp³-hybridized carbons (Fsp3) is 0. The van der Waals surface area contributed by atoms with E-state index in [2.05, 4.69) is 0 Å². The maximum Gasteiger partial charge on any atom is 0.367 e. The summed E-state index contributed by atoms with van der Waals surface area (Å²) in [6.45, 7) is 0. The van der Waals surface area contributed by atoms with E-state index >= 15 is 0 Å². The van der Waals surface area contributed by atoms with Crippen LogP contribution in [0, 0.1) is 0 Å². The van der Waals surface area contributed by atoms with E-state index in [-0.39, 0.29) is 0 Å². The maximum atomic E-state index is 10.7. The van der Waals surface area contributed by atoms with Gasteiger partial charge in [-0.05, 0) is 12.1 Å². The summed E-state index contributed by atoms with van der Waals surface area (Å²) in [5.41, 5.74) is 0.310.